The number of hydrogen-bond donors (Lipinski definition) is 0. The van der Waals surface area contributed by atoms with Crippen molar-refractivity contribution in [3.05, 3.63) is 107 Å². The first-order valence-corrected chi connectivity index (χ1v) is 17.3. The Balaban J connectivity index is 1.74. The molecule has 0 saturated carbocycles. The van der Waals surface area contributed by atoms with Crippen molar-refractivity contribution < 1.29 is 18.9 Å². The van der Waals surface area contributed by atoms with Crippen LogP contribution >= 0.6 is 0 Å². The minimum Gasteiger partial charge on any atom is -0.495 e. The highest BCUT2D eigenvalue weighted by Gasteiger charge is 2.21. The van der Waals surface area contributed by atoms with Gasteiger partial charge in [-0.3, -0.25) is 0 Å². The van der Waals surface area contributed by atoms with Gasteiger partial charge in [-0.1, -0.05) is 112 Å². The Hall–Kier alpha value is -5.06. The SMILES string of the molecule is CCCCCCOc1c(OCCCCCC)c2cc(C#Cc3ccccc3)c(OC)cc2c2cc(OC)c(C#Cc3ccccc3)cc12. The van der Waals surface area contributed by atoms with Crippen molar-refractivity contribution >= 4 is 21.5 Å². The van der Waals surface area contributed by atoms with Crippen LogP contribution in [0.3, 0.4) is 0 Å². The first kappa shape index (κ1) is 34.3. The fraction of sp³-hybridized carbons (Fsp3) is 0.318. The van der Waals surface area contributed by atoms with E-state index in [9.17, 15) is 0 Å². The van der Waals surface area contributed by atoms with Gasteiger partial charge in [0.15, 0.2) is 11.5 Å². The van der Waals surface area contributed by atoms with E-state index in [1.807, 2.05) is 60.7 Å². The standard InChI is InChI=1S/C44H46O4/c1-5-7-9-17-27-47-43-39-29-35(25-23-33-19-13-11-14-20-33)41(45-3)31-37(39)38-32-42(46-4)36(26-24-34-21-15-12-16-22-34)30-40(38)44(43)48-28-18-10-8-6-2/h11-16,19-22,29-32H,5-10,17-18,27-28H2,1-4H3. The second kappa shape index (κ2) is 17.7. The van der Waals surface area contributed by atoms with Gasteiger partial charge < -0.3 is 18.9 Å². The number of benzene rings is 5. The predicted octanol–water partition coefficient (Wildman–Crippen LogP) is 10.7. The zero-order valence-electron chi connectivity index (χ0n) is 28.8. The fourth-order valence-corrected chi connectivity index (χ4v) is 5.77. The summed E-state index contributed by atoms with van der Waals surface area (Å²) >= 11 is 0. The maximum absolute atomic E-state index is 6.72. The van der Waals surface area contributed by atoms with Crippen molar-refractivity contribution in [2.75, 3.05) is 27.4 Å². The third-order valence-corrected chi connectivity index (χ3v) is 8.38. The summed E-state index contributed by atoms with van der Waals surface area (Å²) in [5, 5.41) is 3.83. The molecule has 0 fully saturated rings. The number of ether oxygens (including phenoxy) is 4. The van der Waals surface area contributed by atoms with Gasteiger partial charge in [0.2, 0.25) is 0 Å². The van der Waals surface area contributed by atoms with Gasteiger partial charge in [0, 0.05) is 21.9 Å². The lowest BCUT2D eigenvalue weighted by atomic mass is 9.95. The maximum Gasteiger partial charge on any atom is 0.169 e. The van der Waals surface area contributed by atoms with Crippen molar-refractivity contribution in [1.82, 2.24) is 0 Å². The van der Waals surface area contributed by atoms with Crippen LogP contribution < -0.4 is 18.9 Å². The first-order chi connectivity index (χ1) is 23.7. The third kappa shape index (κ3) is 8.64. The summed E-state index contributed by atoms with van der Waals surface area (Å²) in [6.07, 6.45) is 8.88. The van der Waals surface area contributed by atoms with Crippen LogP contribution in [0.4, 0.5) is 0 Å². The van der Waals surface area contributed by atoms with Gasteiger partial charge in [0.05, 0.1) is 38.6 Å². The molecular weight excluding hydrogens is 592 g/mol. The normalized spacial score (nSPS) is 10.6. The van der Waals surface area contributed by atoms with E-state index in [1.54, 1.807) is 14.2 Å². The zero-order valence-corrected chi connectivity index (χ0v) is 28.8. The second-order valence-electron chi connectivity index (χ2n) is 11.9. The molecule has 0 bridgehead atoms. The van der Waals surface area contributed by atoms with Gasteiger partial charge >= 0.3 is 0 Å². The highest BCUT2D eigenvalue weighted by molar-refractivity contribution is 6.15. The van der Waals surface area contributed by atoms with E-state index in [0.717, 1.165) is 81.0 Å². The molecule has 4 heteroatoms. The van der Waals surface area contributed by atoms with Crippen molar-refractivity contribution in [3.8, 4) is 46.7 Å². The molecule has 5 aromatic rings. The summed E-state index contributed by atoms with van der Waals surface area (Å²) in [5.74, 6) is 16.2. The van der Waals surface area contributed by atoms with Crippen LogP contribution in [-0.2, 0) is 0 Å². The van der Waals surface area contributed by atoms with Gasteiger partial charge in [-0.2, -0.15) is 0 Å². The van der Waals surface area contributed by atoms with E-state index < -0.39 is 0 Å². The average molecular weight is 639 g/mol. The topological polar surface area (TPSA) is 36.9 Å². The largest absolute Gasteiger partial charge is 0.495 e. The van der Waals surface area contributed by atoms with Crippen LogP contribution in [0.1, 0.15) is 87.5 Å². The number of unbranched alkanes of at least 4 members (excludes halogenated alkanes) is 6. The Labute approximate surface area is 286 Å². The van der Waals surface area contributed by atoms with Gasteiger partial charge in [-0.15, -0.1) is 0 Å². The van der Waals surface area contributed by atoms with E-state index in [2.05, 4.69) is 61.8 Å². The molecular formula is C44H46O4. The molecule has 5 aromatic carbocycles. The minimum atomic E-state index is 0.598. The molecule has 0 heterocycles. The van der Waals surface area contributed by atoms with Gasteiger partial charge in [0.1, 0.15) is 11.5 Å². The molecule has 5 rings (SSSR count). The Morgan fingerprint density at radius 2 is 0.875 bits per heavy atom. The number of methoxy groups -OCH3 is 2. The molecule has 0 aliphatic heterocycles. The third-order valence-electron chi connectivity index (χ3n) is 8.38. The Kier molecular flexibility index (Phi) is 12.7. The first-order valence-electron chi connectivity index (χ1n) is 17.3. The summed E-state index contributed by atoms with van der Waals surface area (Å²) in [6, 6.07) is 28.3. The summed E-state index contributed by atoms with van der Waals surface area (Å²) in [5.41, 5.74) is 3.46. The summed E-state index contributed by atoms with van der Waals surface area (Å²) in [7, 11) is 3.38. The van der Waals surface area contributed by atoms with Gasteiger partial charge in [-0.25, -0.2) is 0 Å². The Bertz CT molecular complexity index is 1780. The highest BCUT2D eigenvalue weighted by atomic mass is 16.5. The van der Waals surface area contributed by atoms with Crippen LogP contribution in [0.15, 0.2) is 84.9 Å². The molecule has 48 heavy (non-hydrogen) atoms. The molecule has 0 atom stereocenters. The number of rotatable bonds is 14. The molecule has 0 unspecified atom stereocenters. The minimum absolute atomic E-state index is 0.598. The Morgan fingerprint density at radius 3 is 1.25 bits per heavy atom. The van der Waals surface area contributed by atoms with E-state index >= 15 is 0 Å². The van der Waals surface area contributed by atoms with Crippen molar-refractivity contribution in [1.29, 1.82) is 0 Å². The second-order valence-corrected chi connectivity index (χ2v) is 11.9. The van der Waals surface area contributed by atoms with Crippen LogP contribution in [0.25, 0.3) is 21.5 Å². The van der Waals surface area contributed by atoms with E-state index in [-0.39, 0.29) is 0 Å². The molecule has 0 spiro atoms. The fourth-order valence-electron chi connectivity index (χ4n) is 5.77. The zero-order chi connectivity index (χ0) is 33.6. The molecule has 0 aliphatic carbocycles. The van der Waals surface area contributed by atoms with Crippen LogP contribution in [0.2, 0.25) is 0 Å². The number of hydrogen-bond acceptors (Lipinski definition) is 4. The maximum atomic E-state index is 6.72. The highest BCUT2D eigenvalue weighted by Crippen LogP contribution is 2.47. The van der Waals surface area contributed by atoms with E-state index in [1.165, 1.54) is 25.7 Å². The molecule has 0 amide bonds. The van der Waals surface area contributed by atoms with Crippen LogP contribution in [0.5, 0.6) is 23.0 Å². The van der Waals surface area contributed by atoms with E-state index in [4.69, 9.17) is 18.9 Å². The molecule has 0 aromatic heterocycles. The van der Waals surface area contributed by atoms with Gasteiger partial charge in [-0.05, 0) is 72.1 Å². The number of fused-ring (bicyclic) bond motifs is 3. The van der Waals surface area contributed by atoms with E-state index in [0.29, 0.717) is 24.7 Å². The average Bonchev–Trinajstić information content (AvgIpc) is 3.13. The van der Waals surface area contributed by atoms with Crippen molar-refractivity contribution in [3.63, 3.8) is 0 Å². The molecule has 0 N–H and O–H groups in total. The lowest BCUT2D eigenvalue weighted by Crippen LogP contribution is -2.05. The summed E-state index contributed by atoms with van der Waals surface area (Å²) in [4.78, 5) is 0. The van der Waals surface area contributed by atoms with Crippen molar-refractivity contribution in [2.45, 2.75) is 65.2 Å². The predicted molar refractivity (Wildman–Crippen MR) is 199 cm³/mol. The molecule has 0 radical (unpaired) electrons. The smallest absolute Gasteiger partial charge is 0.169 e. The lowest BCUT2D eigenvalue weighted by Gasteiger charge is -2.20. The summed E-state index contributed by atoms with van der Waals surface area (Å²) < 4.78 is 25.3. The molecule has 246 valence electrons. The van der Waals surface area contributed by atoms with Crippen LogP contribution in [-0.4, -0.2) is 27.4 Å². The van der Waals surface area contributed by atoms with Crippen LogP contribution in [0, 0.1) is 23.7 Å². The quantitative estimate of drug-likeness (QED) is 0.0689. The molecule has 0 saturated heterocycles. The summed E-state index contributed by atoms with van der Waals surface area (Å²) in [6.45, 7) is 5.64. The molecule has 0 aliphatic rings. The van der Waals surface area contributed by atoms with Crippen molar-refractivity contribution in [2.24, 2.45) is 0 Å². The monoisotopic (exact) mass is 638 g/mol. The Morgan fingerprint density at radius 1 is 0.458 bits per heavy atom. The molecule has 4 nitrogen and oxygen atoms in total. The van der Waals surface area contributed by atoms with Gasteiger partial charge in [0.25, 0.3) is 0 Å². The lowest BCUT2D eigenvalue weighted by molar-refractivity contribution is 0.264.